The van der Waals surface area contributed by atoms with E-state index in [0.29, 0.717) is 17.7 Å². The van der Waals surface area contributed by atoms with Crippen molar-refractivity contribution in [2.75, 3.05) is 5.32 Å². The van der Waals surface area contributed by atoms with E-state index >= 15 is 0 Å². The quantitative estimate of drug-likeness (QED) is 0.805. The summed E-state index contributed by atoms with van der Waals surface area (Å²) in [6.07, 6.45) is 2.04. The number of Topliss-reactive ketones (excluding diaryl/α,β-unsaturated/α-hetero) is 1. The molecule has 1 atom stereocenters. The van der Waals surface area contributed by atoms with Crippen LogP contribution in [0.3, 0.4) is 0 Å². The summed E-state index contributed by atoms with van der Waals surface area (Å²) in [5.41, 5.74) is -0.952. The van der Waals surface area contributed by atoms with Crippen molar-refractivity contribution in [2.24, 2.45) is 5.41 Å². The van der Waals surface area contributed by atoms with E-state index in [1.54, 1.807) is 30.3 Å². The molecule has 4 nitrogen and oxygen atoms in total. The van der Waals surface area contributed by atoms with Gasteiger partial charge in [0.15, 0.2) is 11.4 Å². The molecule has 1 unspecified atom stereocenters. The maximum absolute atomic E-state index is 12.1. The molecule has 1 heterocycles. The summed E-state index contributed by atoms with van der Waals surface area (Å²) >= 11 is 0. The molecular formula is C15H15NO3. The summed E-state index contributed by atoms with van der Waals surface area (Å²) in [4.78, 5) is 24.3. The summed E-state index contributed by atoms with van der Waals surface area (Å²) in [6, 6.07) is 6.91. The minimum absolute atomic E-state index is 0.167. The van der Waals surface area contributed by atoms with Crippen molar-refractivity contribution < 1.29 is 14.7 Å². The van der Waals surface area contributed by atoms with Gasteiger partial charge in [-0.1, -0.05) is 38.1 Å². The van der Waals surface area contributed by atoms with Crippen molar-refractivity contribution in [1.29, 1.82) is 0 Å². The second-order valence-corrected chi connectivity index (χ2v) is 5.86. The van der Waals surface area contributed by atoms with Crippen molar-refractivity contribution in [3.8, 4) is 0 Å². The van der Waals surface area contributed by atoms with Crippen molar-refractivity contribution >= 4 is 17.4 Å². The number of para-hydroxylation sites is 1. The van der Waals surface area contributed by atoms with E-state index in [-0.39, 0.29) is 16.8 Å². The highest BCUT2D eigenvalue weighted by atomic mass is 16.3. The molecule has 2 N–H and O–H groups in total. The molecule has 0 fully saturated rings. The number of ketones is 1. The highest BCUT2D eigenvalue weighted by Gasteiger charge is 2.52. The summed E-state index contributed by atoms with van der Waals surface area (Å²) in [5, 5.41) is 13.4. The van der Waals surface area contributed by atoms with Crippen LogP contribution in [0.1, 0.15) is 25.8 Å². The average molecular weight is 257 g/mol. The largest absolute Gasteiger partial charge is 0.372 e. The van der Waals surface area contributed by atoms with Crippen LogP contribution >= 0.6 is 0 Å². The summed E-state index contributed by atoms with van der Waals surface area (Å²) in [6.45, 7) is 3.83. The molecule has 0 bridgehead atoms. The van der Waals surface area contributed by atoms with Crippen LogP contribution in [0, 0.1) is 5.41 Å². The van der Waals surface area contributed by atoms with Crippen LogP contribution in [0.5, 0.6) is 0 Å². The second-order valence-electron chi connectivity index (χ2n) is 5.86. The highest BCUT2D eigenvalue weighted by Crippen LogP contribution is 2.46. The molecule has 0 spiro atoms. The van der Waals surface area contributed by atoms with Crippen LogP contribution in [0.15, 0.2) is 35.9 Å². The lowest BCUT2D eigenvalue weighted by molar-refractivity contribution is -0.133. The van der Waals surface area contributed by atoms with Gasteiger partial charge in [-0.2, -0.15) is 0 Å². The standard InChI is InChI=1S/C15H15NO3/c1-14(2)7-10(12(17)8-14)15(19)9-5-3-4-6-11(9)16-13(15)18/h3-7,19H,8H2,1-2H3,(H,16,18). The minimum atomic E-state index is -1.85. The van der Waals surface area contributed by atoms with Crippen LogP contribution in [-0.2, 0) is 15.2 Å². The number of hydrogen-bond acceptors (Lipinski definition) is 3. The monoisotopic (exact) mass is 257 g/mol. The fourth-order valence-corrected chi connectivity index (χ4v) is 2.85. The van der Waals surface area contributed by atoms with Crippen LogP contribution in [0.2, 0.25) is 0 Å². The van der Waals surface area contributed by atoms with Gasteiger partial charge in [-0.25, -0.2) is 0 Å². The predicted molar refractivity (Wildman–Crippen MR) is 70.5 cm³/mol. The van der Waals surface area contributed by atoms with Gasteiger partial charge >= 0.3 is 0 Å². The van der Waals surface area contributed by atoms with Gasteiger partial charge in [0, 0.05) is 23.2 Å². The molecule has 3 rings (SSSR count). The van der Waals surface area contributed by atoms with E-state index in [0.717, 1.165) is 0 Å². The Balaban J connectivity index is 2.19. The van der Waals surface area contributed by atoms with Crippen LogP contribution in [0.4, 0.5) is 5.69 Å². The minimum Gasteiger partial charge on any atom is -0.372 e. The lowest BCUT2D eigenvalue weighted by Gasteiger charge is -2.21. The molecule has 1 aromatic rings. The maximum atomic E-state index is 12.1. The number of anilines is 1. The van der Waals surface area contributed by atoms with Gasteiger partial charge in [-0.05, 0) is 11.5 Å². The number of nitrogens with one attached hydrogen (secondary N) is 1. The number of amides is 1. The summed E-state index contributed by atoms with van der Waals surface area (Å²) in [7, 11) is 0. The zero-order chi connectivity index (χ0) is 13.8. The lowest BCUT2D eigenvalue weighted by atomic mass is 9.86. The predicted octanol–water partition coefficient (Wildman–Crippen LogP) is 1.75. The van der Waals surface area contributed by atoms with Gasteiger partial charge in [0.05, 0.1) is 0 Å². The Morgan fingerprint density at radius 3 is 2.53 bits per heavy atom. The van der Waals surface area contributed by atoms with Crippen LogP contribution in [0.25, 0.3) is 0 Å². The first-order chi connectivity index (χ1) is 8.84. The Kier molecular flexibility index (Phi) is 2.26. The Morgan fingerprint density at radius 1 is 1.21 bits per heavy atom. The molecule has 0 aromatic heterocycles. The first-order valence-corrected chi connectivity index (χ1v) is 6.24. The van der Waals surface area contributed by atoms with E-state index in [2.05, 4.69) is 5.32 Å². The van der Waals surface area contributed by atoms with E-state index in [1.807, 2.05) is 13.8 Å². The SMILES string of the molecule is CC1(C)C=C(C2(O)C(=O)Nc3ccccc32)C(=O)C1. The zero-order valence-electron chi connectivity index (χ0n) is 10.9. The van der Waals surface area contributed by atoms with Gasteiger partial charge in [-0.3, -0.25) is 9.59 Å². The Bertz CT molecular complexity index is 630. The summed E-state index contributed by atoms with van der Waals surface area (Å²) in [5.74, 6) is -0.717. The fourth-order valence-electron chi connectivity index (χ4n) is 2.85. The third-order valence-corrected chi connectivity index (χ3v) is 3.74. The molecule has 4 heteroatoms. The molecule has 0 saturated heterocycles. The number of rotatable bonds is 1. The molecule has 0 radical (unpaired) electrons. The van der Waals surface area contributed by atoms with Gasteiger partial charge in [-0.15, -0.1) is 0 Å². The number of carbonyl (C=O) groups excluding carboxylic acids is 2. The smallest absolute Gasteiger partial charge is 0.266 e. The van der Waals surface area contributed by atoms with Gasteiger partial charge < -0.3 is 10.4 Å². The number of fused-ring (bicyclic) bond motifs is 1. The molecule has 1 aliphatic heterocycles. The van der Waals surface area contributed by atoms with Crippen molar-refractivity contribution in [3.05, 3.63) is 41.5 Å². The highest BCUT2D eigenvalue weighted by molar-refractivity contribution is 6.15. The zero-order valence-corrected chi connectivity index (χ0v) is 10.9. The number of hydrogen-bond donors (Lipinski definition) is 2. The van der Waals surface area contributed by atoms with Crippen molar-refractivity contribution in [2.45, 2.75) is 25.9 Å². The molecule has 1 aliphatic carbocycles. The lowest BCUT2D eigenvalue weighted by Crippen LogP contribution is -2.38. The van der Waals surface area contributed by atoms with Crippen molar-refractivity contribution in [1.82, 2.24) is 0 Å². The molecule has 2 aliphatic rings. The first-order valence-electron chi connectivity index (χ1n) is 6.24. The van der Waals surface area contributed by atoms with Gasteiger partial charge in [0.2, 0.25) is 0 Å². The number of aliphatic hydroxyl groups is 1. The van der Waals surface area contributed by atoms with E-state index in [1.165, 1.54) is 0 Å². The normalized spacial score (nSPS) is 28.1. The topological polar surface area (TPSA) is 66.4 Å². The second kappa shape index (κ2) is 3.54. The van der Waals surface area contributed by atoms with Gasteiger partial charge in [0.1, 0.15) is 0 Å². The van der Waals surface area contributed by atoms with E-state index < -0.39 is 11.5 Å². The Labute approximate surface area is 111 Å². The molecule has 1 amide bonds. The van der Waals surface area contributed by atoms with E-state index in [4.69, 9.17) is 0 Å². The first kappa shape index (κ1) is 12.1. The number of benzene rings is 1. The fraction of sp³-hybridized carbons (Fsp3) is 0.333. The number of carbonyl (C=O) groups is 2. The molecule has 98 valence electrons. The average Bonchev–Trinajstić information content (AvgIpc) is 2.75. The third kappa shape index (κ3) is 1.56. The maximum Gasteiger partial charge on any atom is 0.266 e. The van der Waals surface area contributed by atoms with Gasteiger partial charge in [0.25, 0.3) is 5.91 Å². The number of allylic oxidation sites excluding steroid dienone is 1. The third-order valence-electron chi connectivity index (χ3n) is 3.74. The van der Waals surface area contributed by atoms with Crippen LogP contribution < -0.4 is 5.32 Å². The van der Waals surface area contributed by atoms with Crippen molar-refractivity contribution in [3.63, 3.8) is 0 Å². The Hall–Kier alpha value is -1.94. The molecular weight excluding hydrogens is 242 g/mol. The molecule has 19 heavy (non-hydrogen) atoms. The Morgan fingerprint density at radius 2 is 1.89 bits per heavy atom. The van der Waals surface area contributed by atoms with E-state index in [9.17, 15) is 14.7 Å². The molecule has 0 saturated carbocycles. The van der Waals surface area contributed by atoms with Crippen LogP contribution in [-0.4, -0.2) is 16.8 Å². The summed E-state index contributed by atoms with van der Waals surface area (Å²) < 4.78 is 0. The molecule has 1 aromatic carbocycles.